The monoisotopic (exact) mass is 733 g/mol. The maximum absolute atomic E-state index is 6.85. The van der Waals surface area contributed by atoms with Crippen LogP contribution in [0.1, 0.15) is 22.9 Å². The summed E-state index contributed by atoms with van der Waals surface area (Å²) in [6.45, 7) is 0. The van der Waals surface area contributed by atoms with Gasteiger partial charge < -0.3 is 9.73 Å². The van der Waals surface area contributed by atoms with Crippen molar-refractivity contribution in [2.75, 3.05) is 0 Å². The fraction of sp³-hybridized carbons (Fsp3) is 0.0196. The van der Waals surface area contributed by atoms with Crippen LogP contribution in [0.15, 0.2) is 190 Å². The van der Waals surface area contributed by atoms with Gasteiger partial charge >= 0.3 is 0 Å². The first-order chi connectivity index (χ1) is 27.7. The largest absolute Gasteiger partial charge is 0.455 e. The van der Waals surface area contributed by atoms with Crippen molar-refractivity contribution in [1.29, 1.82) is 0 Å². The van der Waals surface area contributed by atoms with Gasteiger partial charge in [0.1, 0.15) is 23.2 Å². The van der Waals surface area contributed by atoms with Gasteiger partial charge in [-0.25, -0.2) is 9.98 Å². The number of benzene rings is 9. The first-order valence-corrected chi connectivity index (χ1v) is 19.7. The molecule has 1 unspecified atom stereocenters. The van der Waals surface area contributed by atoms with E-state index in [1.165, 1.54) is 52.5 Å². The highest BCUT2D eigenvalue weighted by molar-refractivity contribution is 7.25. The molecule has 2 aromatic heterocycles. The molecule has 0 amide bonds. The van der Waals surface area contributed by atoms with Crippen LogP contribution in [0.5, 0.6) is 0 Å². The van der Waals surface area contributed by atoms with Crippen molar-refractivity contribution >= 4 is 97.4 Å². The Morgan fingerprint density at radius 3 is 1.89 bits per heavy atom. The third kappa shape index (κ3) is 4.78. The summed E-state index contributed by atoms with van der Waals surface area (Å²) in [6.07, 6.45) is -0.376. The molecule has 9 aromatic carbocycles. The van der Waals surface area contributed by atoms with Crippen molar-refractivity contribution in [1.82, 2.24) is 5.32 Å². The highest BCUT2D eigenvalue weighted by atomic mass is 32.1. The van der Waals surface area contributed by atoms with Crippen LogP contribution in [-0.2, 0) is 0 Å². The Bertz CT molecular complexity index is 3430. The number of hydrogen-bond acceptors (Lipinski definition) is 5. The van der Waals surface area contributed by atoms with Gasteiger partial charge in [0.15, 0.2) is 5.84 Å². The highest BCUT2D eigenvalue weighted by Crippen LogP contribution is 2.41. The lowest BCUT2D eigenvalue weighted by Gasteiger charge is -2.24. The molecule has 12 rings (SSSR count). The molecule has 1 N–H and O–H groups in total. The van der Waals surface area contributed by atoms with E-state index >= 15 is 0 Å². The maximum Gasteiger partial charge on any atom is 0.159 e. The van der Waals surface area contributed by atoms with Crippen LogP contribution in [-0.4, -0.2) is 11.7 Å². The lowest BCUT2D eigenvalue weighted by molar-refractivity contribution is 0.655. The van der Waals surface area contributed by atoms with Gasteiger partial charge in [-0.3, -0.25) is 0 Å². The first-order valence-electron chi connectivity index (χ1n) is 18.9. The summed E-state index contributed by atoms with van der Waals surface area (Å²) >= 11 is 1.81. The highest BCUT2D eigenvalue weighted by Gasteiger charge is 2.24. The van der Waals surface area contributed by atoms with Crippen LogP contribution in [0, 0.1) is 0 Å². The van der Waals surface area contributed by atoms with Crippen molar-refractivity contribution < 1.29 is 4.42 Å². The van der Waals surface area contributed by atoms with Crippen LogP contribution in [0.3, 0.4) is 0 Å². The third-order valence-corrected chi connectivity index (χ3v) is 12.5. The number of rotatable bonds is 4. The van der Waals surface area contributed by atoms with E-state index in [1.807, 2.05) is 29.5 Å². The molecule has 56 heavy (non-hydrogen) atoms. The summed E-state index contributed by atoms with van der Waals surface area (Å²) in [4.78, 5) is 10.4. The zero-order chi connectivity index (χ0) is 36.7. The fourth-order valence-electron chi connectivity index (χ4n) is 8.73. The lowest BCUT2D eigenvalue weighted by Crippen LogP contribution is -2.33. The van der Waals surface area contributed by atoms with Crippen LogP contribution in [0.4, 0.5) is 0 Å². The molecule has 4 nitrogen and oxygen atoms in total. The molecule has 0 saturated heterocycles. The van der Waals surface area contributed by atoms with E-state index in [1.54, 1.807) is 0 Å². The van der Waals surface area contributed by atoms with Gasteiger partial charge in [-0.15, -0.1) is 11.3 Å². The Morgan fingerprint density at radius 2 is 1.09 bits per heavy atom. The summed E-state index contributed by atoms with van der Waals surface area (Å²) in [6, 6.07) is 62.6. The van der Waals surface area contributed by atoms with Crippen LogP contribution in [0.25, 0.3) is 85.6 Å². The molecule has 0 aliphatic carbocycles. The molecule has 1 aliphatic heterocycles. The standard InChI is InChI=1S/C51H31N3OS/c1-2-12-30(13-3-1)49-52-50(54-51(53-49)42-21-11-23-46-47(42)41-18-8-9-22-45(41)56-46)32-25-27-39-40-20-10-19-33(48(40)55-44(39)29-32)31-24-26-38-36-16-5-4-14-34(36)35-15-6-7-17-37(35)43(38)28-31/h1-29,50H,(H,52,53,54). The molecule has 0 fully saturated rings. The molecule has 1 aliphatic rings. The first kappa shape index (κ1) is 31.3. The summed E-state index contributed by atoms with van der Waals surface area (Å²) in [5.74, 6) is 1.51. The minimum Gasteiger partial charge on any atom is -0.455 e. The maximum atomic E-state index is 6.85. The fourth-order valence-corrected chi connectivity index (χ4v) is 9.86. The lowest BCUT2D eigenvalue weighted by atomic mass is 9.92. The number of hydrogen-bond donors (Lipinski definition) is 1. The van der Waals surface area contributed by atoms with Gasteiger partial charge in [-0.1, -0.05) is 152 Å². The molecule has 3 heterocycles. The number of thiophene rings is 1. The Morgan fingerprint density at radius 1 is 0.464 bits per heavy atom. The number of furan rings is 1. The van der Waals surface area contributed by atoms with E-state index in [4.69, 9.17) is 14.4 Å². The molecule has 11 aromatic rings. The average Bonchev–Trinajstić information content (AvgIpc) is 3.85. The Balaban J connectivity index is 0.992. The molecule has 1 atom stereocenters. The minimum atomic E-state index is -0.376. The normalized spacial score (nSPS) is 14.6. The summed E-state index contributed by atoms with van der Waals surface area (Å²) in [7, 11) is 0. The Hall–Kier alpha value is -7.08. The van der Waals surface area contributed by atoms with Gasteiger partial charge in [0.25, 0.3) is 0 Å². The average molecular weight is 734 g/mol. The zero-order valence-electron chi connectivity index (χ0n) is 30.0. The predicted octanol–water partition coefficient (Wildman–Crippen LogP) is 13.6. The second kappa shape index (κ2) is 12.2. The molecular formula is C51H31N3OS. The van der Waals surface area contributed by atoms with E-state index < -0.39 is 0 Å². The SMILES string of the molecule is c1ccc(C2=NC(c3ccc4c(c3)oc3c(-c5ccc6c7ccccc7c7ccccc7c6c5)cccc34)NC(c3cccc4sc5ccccc5c34)=N2)cc1. The van der Waals surface area contributed by atoms with Gasteiger partial charge in [0.05, 0.1) is 0 Å². The van der Waals surface area contributed by atoms with Crippen molar-refractivity contribution in [3.05, 3.63) is 193 Å². The number of para-hydroxylation sites is 1. The molecular weight excluding hydrogens is 703 g/mol. The Kier molecular flexibility index (Phi) is 6.83. The molecule has 262 valence electrons. The van der Waals surface area contributed by atoms with Crippen molar-refractivity contribution in [2.24, 2.45) is 9.98 Å². The van der Waals surface area contributed by atoms with E-state index in [2.05, 4.69) is 163 Å². The second-order valence-corrected chi connectivity index (χ2v) is 15.6. The van der Waals surface area contributed by atoms with Crippen LogP contribution < -0.4 is 5.32 Å². The van der Waals surface area contributed by atoms with Crippen LogP contribution >= 0.6 is 11.3 Å². The second-order valence-electron chi connectivity index (χ2n) is 14.5. The van der Waals surface area contributed by atoms with Crippen molar-refractivity contribution in [3.63, 3.8) is 0 Å². The van der Waals surface area contributed by atoms with Crippen LogP contribution in [0.2, 0.25) is 0 Å². The summed E-state index contributed by atoms with van der Waals surface area (Å²) < 4.78 is 9.35. The molecule has 0 saturated carbocycles. The number of amidine groups is 2. The third-order valence-electron chi connectivity index (χ3n) is 11.3. The Labute approximate surface area is 325 Å². The number of nitrogens with one attached hydrogen (secondary N) is 1. The van der Waals surface area contributed by atoms with Gasteiger partial charge in [0.2, 0.25) is 0 Å². The zero-order valence-corrected chi connectivity index (χ0v) is 30.8. The number of nitrogens with zero attached hydrogens (tertiary/aromatic N) is 2. The topological polar surface area (TPSA) is 49.9 Å². The van der Waals surface area contributed by atoms with E-state index in [0.717, 1.165) is 55.6 Å². The van der Waals surface area contributed by atoms with Crippen molar-refractivity contribution in [3.8, 4) is 11.1 Å². The molecule has 0 spiro atoms. The molecule has 0 bridgehead atoms. The van der Waals surface area contributed by atoms with Gasteiger partial charge in [-0.2, -0.15) is 0 Å². The summed E-state index contributed by atoms with van der Waals surface area (Å²) in [5.41, 5.74) is 6.96. The number of fused-ring (bicyclic) bond motifs is 12. The van der Waals surface area contributed by atoms with E-state index in [0.29, 0.717) is 5.84 Å². The quantitative estimate of drug-likeness (QED) is 0.183. The smallest absolute Gasteiger partial charge is 0.159 e. The van der Waals surface area contributed by atoms with Gasteiger partial charge in [-0.05, 0) is 62.1 Å². The molecule has 5 heteroatoms. The number of aliphatic imine (C=N–C) groups is 2. The molecule has 0 radical (unpaired) electrons. The van der Waals surface area contributed by atoms with Crippen molar-refractivity contribution in [2.45, 2.75) is 6.17 Å². The minimum absolute atomic E-state index is 0.376. The van der Waals surface area contributed by atoms with E-state index in [-0.39, 0.29) is 6.17 Å². The predicted molar refractivity (Wildman–Crippen MR) is 236 cm³/mol. The van der Waals surface area contributed by atoms with Gasteiger partial charge in [0, 0.05) is 53.2 Å². The summed E-state index contributed by atoms with van der Waals surface area (Å²) in [5, 5.41) is 15.9. The van der Waals surface area contributed by atoms with E-state index in [9.17, 15) is 0 Å².